The van der Waals surface area contributed by atoms with Crippen LogP contribution < -0.4 is 10.1 Å². The molecule has 1 N–H and O–H groups in total. The molecule has 4 nitrogen and oxygen atoms in total. The number of hydrogen-bond acceptors (Lipinski definition) is 3. The number of ether oxygens (including phenoxy) is 2. The largest absolute Gasteiger partial charge is 0.490 e. The van der Waals surface area contributed by atoms with Crippen molar-refractivity contribution in [3.63, 3.8) is 0 Å². The van der Waals surface area contributed by atoms with E-state index >= 15 is 0 Å². The summed E-state index contributed by atoms with van der Waals surface area (Å²) in [6.45, 7) is 1.20. The first-order valence-corrected chi connectivity index (χ1v) is 7.63. The number of carbonyl (C=O) groups excluding carboxylic acids is 1. The summed E-state index contributed by atoms with van der Waals surface area (Å²) in [6.07, 6.45) is 2.10. The maximum absolute atomic E-state index is 12.9. The molecule has 0 aromatic heterocycles. The highest BCUT2D eigenvalue weighted by Gasteiger charge is 2.18. The molecular formula is C18H18FNO3. The zero-order valence-electron chi connectivity index (χ0n) is 12.6. The summed E-state index contributed by atoms with van der Waals surface area (Å²) >= 11 is 0. The van der Waals surface area contributed by atoms with Crippen LogP contribution in [0.4, 0.5) is 10.1 Å². The van der Waals surface area contributed by atoms with E-state index in [-0.39, 0.29) is 17.8 Å². The predicted octanol–water partition coefficient (Wildman–Crippen LogP) is 3.64. The molecule has 0 spiro atoms. The van der Waals surface area contributed by atoms with Gasteiger partial charge in [-0.15, -0.1) is 0 Å². The molecule has 23 heavy (non-hydrogen) atoms. The van der Waals surface area contributed by atoms with Gasteiger partial charge in [0.25, 0.3) is 5.91 Å². The van der Waals surface area contributed by atoms with Gasteiger partial charge in [0.15, 0.2) is 0 Å². The van der Waals surface area contributed by atoms with Crippen LogP contribution >= 0.6 is 0 Å². The Hall–Kier alpha value is -2.40. The van der Waals surface area contributed by atoms with Crippen LogP contribution in [0.15, 0.2) is 48.5 Å². The zero-order chi connectivity index (χ0) is 16.1. The van der Waals surface area contributed by atoms with Crippen LogP contribution in [0.1, 0.15) is 23.2 Å². The molecule has 1 amide bonds. The highest BCUT2D eigenvalue weighted by Crippen LogP contribution is 2.21. The lowest BCUT2D eigenvalue weighted by atomic mass is 10.1. The summed E-state index contributed by atoms with van der Waals surface area (Å²) in [5.74, 6) is -0.120. The topological polar surface area (TPSA) is 47.6 Å². The van der Waals surface area contributed by atoms with Crippen molar-refractivity contribution in [1.29, 1.82) is 0 Å². The van der Waals surface area contributed by atoms with E-state index in [2.05, 4.69) is 5.32 Å². The molecule has 1 unspecified atom stereocenters. The maximum atomic E-state index is 12.9. The molecule has 0 radical (unpaired) electrons. The third kappa shape index (κ3) is 4.07. The molecule has 120 valence electrons. The average Bonchev–Trinajstić information content (AvgIpc) is 3.09. The lowest BCUT2D eigenvalue weighted by molar-refractivity contribution is 0.0673. The van der Waals surface area contributed by atoms with Crippen molar-refractivity contribution in [2.75, 3.05) is 18.5 Å². The van der Waals surface area contributed by atoms with E-state index in [1.807, 2.05) is 6.07 Å². The summed E-state index contributed by atoms with van der Waals surface area (Å²) in [5.41, 5.74) is 0.972. The van der Waals surface area contributed by atoms with E-state index < -0.39 is 0 Å². The number of rotatable bonds is 5. The summed E-state index contributed by atoms with van der Waals surface area (Å²) in [4.78, 5) is 12.4. The van der Waals surface area contributed by atoms with Gasteiger partial charge in [-0.3, -0.25) is 4.79 Å². The van der Waals surface area contributed by atoms with Gasteiger partial charge in [-0.2, -0.15) is 0 Å². The van der Waals surface area contributed by atoms with Gasteiger partial charge in [0.2, 0.25) is 0 Å². The van der Waals surface area contributed by atoms with E-state index in [1.54, 1.807) is 18.2 Å². The molecule has 2 aromatic carbocycles. The zero-order valence-corrected chi connectivity index (χ0v) is 12.6. The van der Waals surface area contributed by atoms with Crippen molar-refractivity contribution in [3.8, 4) is 5.75 Å². The van der Waals surface area contributed by atoms with E-state index in [1.165, 1.54) is 24.3 Å². The number of para-hydroxylation sites is 1. The van der Waals surface area contributed by atoms with Crippen LogP contribution in [0.5, 0.6) is 5.75 Å². The molecule has 1 atom stereocenters. The Morgan fingerprint density at radius 1 is 1.22 bits per heavy atom. The van der Waals surface area contributed by atoms with E-state index in [4.69, 9.17) is 9.47 Å². The van der Waals surface area contributed by atoms with Gasteiger partial charge >= 0.3 is 0 Å². The Kier molecular flexibility index (Phi) is 4.88. The van der Waals surface area contributed by atoms with Crippen molar-refractivity contribution in [3.05, 3.63) is 59.9 Å². The van der Waals surface area contributed by atoms with Crippen molar-refractivity contribution in [1.82, 2.24) is 0 Å². The normalized spacial score (nSPS) is 17.0. The van der Waals surface area contributed by atoms with Gasteiger partial charge in [0.05, 0.1) is 11.7 Å². The summed E-state index contributed by atoms with van der Waals surface area (Å²) < 4.78 is 24.2. The second-order valence-corrected chi connectivity index (χ2v) is 5.40. The molecule has 0 bridgehead atoms. The quantitative estimate of drug-likeness (QED) is 0.916. The van der Waals surface area contributed by atoms with Gasteiger partial charge < -0.3 is 14.8 Å². The third-order valence-corrected chi connectivity index (χ3v) is 3.68. The van der Waals surface area contributed by atoms with E-state index in [0.29, 0.717) is 23.6 Å². The minimum atomic E-state index is -0.344. The number of hydrogen-bond donors (Lipinski definition) is 1. The Morgan fingerprint density at radius 2 is 2.00 bits per heavy atom. The van der Waals surface area contributed by atoms with Gasteiger partial charge in [0, 0.05) is 12.3 Å². The molecule has 1 aliphatic rings. The predicted molar refractivity (Wildman–Crippen MR) is 85.3 cm³/mol. The Balaban J connectivity index is 1.68. The van der Waals surface area contributed by atoms with Crippen LogP contribution in [-0.4, -0.2) is 25.2 Å². The van der Waals surface area contributed by atoms with Crippen LogP contribution in [-0.2, 0) is 4.74 Å². The summed E-state index contributed by atoms with van der Waals surface area (Å²) in [6, 6.07) is 12.7. The second-order valence-electron chi connectivity index (χ2n) is 5.40. The lowest BCUT2D eigenvalue weighted by Gasteiger charge is -2.14. The van der Waals surface area contributed by atoms with Gasteiger partial charge in [-0.25, -0.2) is 4.39 Å². The van der Waals surface area contributed by atoms with Crippen molar-refractivity contribution in [2.45, 2.75) is 18.9 Å². The molecule has 1 saturated heterocycles. The first-order chi connectivity index (χ1) is 11.2. The first kappa shape index (κ1) is 15.5. The van der Waals surface area contributed by atoms with Crippen LogP contribution in [0, 0.1) is 5.82 Å². The fourth-order valence-electron chi connectivity index (χ4n) is 2.47. The monoisotopic (exact) mass is 315 g/mol. The molecule has 0 saturated carbocycles. The maximum Gasteiger partial charge on any atom is 0.259 e. The van der Waals surface area contributed by atoms with Crippen molar-refractivity contribution < 1.29 is 18.7 Å². The standard InChI is InChI=1S/C18H18FNO3/c19-13-7-9-14(10-8-13)20-18(21)16-5-1-2-6-17(16)23-12-15-4-3-11-22-15/h1-2,5-10,15H,3-4,11-12H2,(H,20,21). The smallest absolute Gasteiger partial charge is 0.259 e. The number of halogens is 1. The van der Waals surface area contributed by atoms with Crippen LogP contribution in [0.2, 0.25) is 0 Å². The number of carbonyl (C=O) groups is 1. The minimum Gasteiger partial charge on any atom is -0.490 e. The molecule has 3 rings (SSSR count). The lowest BCUT2D eigenvalue weighted by Crippen LogP contribution is -2.19. The Morgan fingerprint density at radius 3 is 2.74 bits per heavy atom. The van der Waals surface area contributed by atoms with Gasteiger partial charge in [0.1, 0.15) is 18.2 Å². The number of amides is 1. The minimum absolute atomic E-state index is 0.0863. The van der Waals surface area contributed by atoms with Gasteiger partial charge in [-0.05, 0) is 49.2 Å². The fourth-order valence-corrected chi connectivity index (χ4v) is 2.47. The Labute approximate surface area is 134 Å². The highest BCUT2D eigenvalue weighted by molar-refractivity contribution is 6.06. The number of benzene rings is 2. The number of nitrogens with one attached hydrogen (secondary N) is 1. The van der Waals surface area contributed by atoms with E-state index in [9.17, 15) is 9.18 Å². The third-order valence-electron chi connectivity index (χ3n) is 3.68. The van der Waals surface area contributed by atoms with Crippen LogP contribution in [0.3, 0.4) is 0 Å². The molecule has 5 heteroatoms. The fraction of sp³-hybridized carbons (Fsp3) is 0.278. The SMILES string of the molecule is O=C(Nc1ccc(F)cc1)c1ccccc1OCC1CCCO1. The molecule has 1 fully saturated rings. The second kappa shape index (κ2) is 7.24. The molecule has 2 aromatic rings. The molecule has 1 heterocycles. The van der Waals surface area contributed by atoms with Gasteiger partial charge in [-0.1, -0.05) is 12.1 Å². The highest BCUT2D eigenvalue weighted by atomic mass is 19.1. The summed E-state index contributed by atoms with van der Waals surface area (Å²) in [7, 11) is 0. The van der Waals surface area contributed by atoms with Crippen molar-refractivity contribution in [2.24, 2.45) is 0 Å². The Bertz CT molecular complexity index is 666. The van der Waals surface area contributed by atoms with Crippen molar-refractivity contribution >= 4 is 11.6 Å². The van der Waals surface area contributed by atoms with E-state index in [0.717, 1.165) is 19.4 Å². The average molecular weight is 315 g/mol. The molecule has 1 aliphatic heterocycles. The molecule has 0 aliphatic carbocycles. The number of anilines is 1. The summed E-state index contributed by atoms with van der Waals surface area (Å²) in [5, 5.41) is 2.74. The van der Waals surface area contributed by atoms with Crippen LogP contribution in [0.25, 0.3) is 0 Å². The molecular weight excluding hydrogens is 297 g/mol. The first-order valence-electron chi connectivity index (χ1n) is 7.63.